The first-order valence-electron chi connectivity index (χ1n) is 6.86. The van der Waals surface area contributed by atoms with Gasteiger partial charge in [-0.15, -0.1) is 0 Å². The van der Waals surface area contributed by atoms with E-state index in [1.54, 1.807) is 0 Å². The van der Waals surface area contributed by atoms with Crippen LogP contribution in [0.4, 0.5) is 0 Å². The van der Waals surface area contributed by atoms with Crippen molar-refractivity contribution >= 4 is 0 Å². The number of nitrogens with zero attached hydrogens (tertiary/aromatic N) is 2. The summed E-state index contributed by atoms with van der Waals surface area (Å²) in [5, 5.41) is 3.60. The second-order valence-corrected chi connectivity index (χ2v) is 6.04. The van der Waals surface area contributed by atoms with E-state index in [0.29, 0.717) is 6.04 Å². The van der Waals surface area contributed by atoms with Gasteiger partial charge in [-0.05, 0) is 20.8 Å². The number of piperazine rings is 1. The first-order chi connectivity index (χ1) is 8.07. The summed E-state index contributed by atoms with van der Waals surface area (Å²) in [6.45, 7) is 15.5. The minimum absolute atomic E-state index is 0.261. The van der Waals surface area contributed by atoms with E-state index in [9.17, 15) is 0 Å². The van der Waals surface area contributed by atoms with E-state index in [1.165, 1.54) is 13.1 Å². The summed E-state index contributed by atoms with van der Waals surface area (Å²) in [5.41, 5.74) is 0.261. The Kier molecular flexibility index (Phi) is 4.42. The van der Waals surface area contributed by atoms with Crippen LogP contribution in [0.1, 0.15) is 20.8 Å². The molecular formula is C13H27N3O. The molecule has 4 nitrogen and oxygen atoms in total. The fourth-order valence-electron chi connectivity index (χ4n) is 2.67. The van der Waals surface area contributed by atoms with E-state index < -0.39 is 0 Å². The van der Waals surface area contributed by atoms with Crippen LogP contribution >= 0.6 is 0 Å². The van der Waals surface area contributed by atoms with E-state index >= 15 is 0 Å². The Balaban J connectivity index is 1.76. The van der Waals surface area contributed by atoms with Crippen LogP contribution in [0.15, 0.2) is 0 Å². The average molecular weight is 241 g/mol. The largest absolute Gasteiger partial charge is 0.379 e. The van der Waals surface area contributed by atoms with Crippen molar-refractivity contribution in [1.29, 1.82) is 0 Å². The van der Waals surface area contributed by atoms with Gasteiger partial charge in [0, 0.05) is 50.8 Å². The van der Waals surface area contributed by atoms with Crippen molar-refractivity contribution < 1.29 is 4.74 Å². The van der Waals surface area contributed by atoms with Gasteiger partial charge in [0.15, 0.2) is 0 Å². The topological polar surface area (TPSA) is 27.7 Å². The van der Waals surface area contributed by atoms with Crippen molar-refractivity contribution in [3.8, 4) is 0 Å². The van der Waals surface area contributed by atoms with Gasteiger partial charge in [-0.2, -0.15) is 0 Å². The van der Waals surface area contributed by atoms with E-state index in [-0.39, 0.29) is 5.54 Å². The Morgan fingerprint density at radius 1 is 1.24 bits per heavy atom. The third-order valence-corrected chi connectivity index (χ3v) is 3.90. The molecule has 0 radical (unpaired) electrons. The van der Waals surface area contributed by atoms with Gasteiger partial charge in [-0.25, -0.2) is 0 Å². The molecule has 0 aliphatic carbocycles. The van der Waals surface area contributed by atoms with Crippen LogP contribution in [-0.2, 0) is 4.74 Å². The zero-order chi connectivity index (χ0) is 12.3. The molecule has 0 aromatic rings. The highest BCUT2D eigenvalue weighted by Crippen LogP contribution is 2.14. The second-order valence-electron chi connectivity index (χ2n) is 6.04. The van der Waals surface area contributed by atoms with Crippen molar-refractivity contribution in [3.63, 3.8) is 0 Å². The molecule has 2 saturated heterocycles. The maximum absolute atomic E-state index is 5.38. The minimum Gasteiger partial charge on any atom is -0.379 e. The van der Waals surface area contributed by atoms with Crippen LogP contribution in [0, 0.1) is 0 Å². The van der Waals surface area contributed by atoms with Gasteiger partial charge in [0.05, 0.1) is 13.2 Å². The predicted octanol–water partition coefficient (Wildman–Crippen LogP) is 0.391. The van der Waals surface area contributed by atoms with E-state index in [1.807, 2.05) is 0 Å². The van der Waals surface area contributed by atoms with Gasteiger partial charge in [0.25, 0.3) is 0 Å². The molecule has 100 valence electrons. The predicted molar refractivity (Wildman–Crippen MR) is 70.4 cm³/mol. The molecular weight excluding hydrogens is 214 g/mol. The number of rotatable bonds is 3. The third-order valence-electron chi connectivity index (χ3n) is 3.90. The number of morpholine rings is 1. The lowest BCUT2D eigenvalue weighted by Gasteiger charge is -2.44. The van der Waals surface area contributed by atoms with Gasteiger partial charge < -0.3 is 10.1 Å². The molecule has 2 rings (SSSR count). The van der Waals surface area contributed by atoms with E-state index in [0.717, 1.165) is 39.4 Å². The maximum Gasteiger partial charge on any atom is 0.0594 e. The summed E-state index contributed by atoms with van der Waals surface area (Å²) in [6.07, 6.45) is 0. The van der Waals surface area contributed by atoms with Crippen LogP contribution in [0.2, 0.25) is 0 Å². The van der Waals surface area contributed by atoms with Crippen LogP contribution in [0.25, 0.3) is 0 Å². The second kappa shape index (κ2) is 5.65. The molecule has 0 amide bonds. The molecule has 2 heterocycles. The lowest BCUT2D eigenvalue weighted by Crippen LogP contribution is -2.61. The monoisotopic (exact) mass is 241 g/mol. The summed E-state index contributed by atoms with van der Waals surface area (Å²) in [6, 6.07) is 0.657. The average Bonchev–Trinajstić information content (AvgIpc) is 2.32. The normalized spacial score (nSPS) is 31.6. The summed E-state index contributed by atoms with van der Waals surface area (Å²) >= 11 is 0. The number of hydrogen-bond donors (Lipinski definition) is 1. The fourth-order valence-corrected chi connectivity index (χ4v) is 2.67. The van der Waals surface area contributed by atoms with Crippen molar-refractivity contribution in [1.82, 2.24) is 15.1 Å². The van der Waals surface area contributed by atoms with Crippen LogP contribution < -0.4 is 5.32 Å². The molecule has 0 aromatic heterocycles. The molecule has 0 bridgehead atoms. The maximum atomic E-state index is 5.38. The zero-order valence-corrected chi connectivity index (χ0v) is 11.5. The molecule has 1 unspecified atom stereocenters. The van der Waals surface area contributed by atoms with Crippen LogP contribution in [-0.4, -0.2) is 73.9 Å². The molecule has 1 atom stereocenters. The van der Waals surface area contributed by atoms with Gasteiger partial charge in [-0.3, -0.25) is 9.80 Å². The first kappa shape index (κ1) is 13.3. The van der Waals surface area contributed by atoms with Gasteiger partial charge in [0.2, 0.25) is 0 Å². The first-order valence-corrected chi connectivity index (χ1v) is 6.86. The number of hydrogen-bond acceptors (Lipinski definition) is 4. The van der Waals surface area contributed by atoms with Crippen molar-refractivity contribution in [2.45, 2.75) is 32.4 Å². The summed E-state index contributed by atoms with van der Waals surface area (Å²) < 4.78 is 5.38. The van der Waals surface area contributed by atoms with Crippen molar-refractivity contribution in [2.24, 2.45) is 0 Å². The Morgan fingerprint density at radius 2 is 1.94 bits per heavy atom. The standard InChI is InChI=1S/C13H27N3O/c1-12-10-14-13(2,3)11-16(12)5-4-15-6-8-17-9-7-15/h12,14H,4-11H2,1-3H3. The van der Waals surface area contributed by atoms with Gasteiger partial charge >= 0.3 is 0 Å². The third kappa shape index (κ3) is 3.91. The molecule has 2 aliphatic rings. The Morgan fingerprint density at radius 3 is 2.65 bits per heavy atom. The molecule has 0 saturated carbocycles. The summed E-state index contributed by atoms with van der Waals surface area (Å²) in [7, 11) is 0. The highest BCUT2D eigenvalue weighted by molar-refractivity contribution is 4.90. The highest BCUT2D eigenvalue weighted by atomic mass is 16.5. The highest BCUT2D eigenvalue weighted by Gasteiger charge is 2.30. The zero-order valence-electron chi connectivity index (χ0n) is 11.5. The molecule has 2 aliphatic heterocycles. The van der Waals surface area contributed by atoms with Gasteiger partial charge in [0.1, 0.15) is 0 Å². The molecule has 0 aromatic carbocycles. The smallest absolute Gasteiger partial charge is 0.0594 e. The fraction of sp³-hybridized carbons (Fsp3) is 1.00. The Hall–Kier alpha value is -0.160. The van der Waals surface area contributed by atoms with Crippen molar-refractivity contribution in [2.75, 3.05) is 52.5 Å². The lowest BCUT2D eigenvalue weighted by molar-refractivity contribution is 0.0250. The minimum atomic E-state index is 0.261. The molecule has 4 heteroatoms. The summed E-state index contributed by atoms with van der Waals surface area (Å²) in [5.74, 6) is 0. The van der Waals surface area contributed by atoms with Crippen molar-refractivity contribution in [3.05, 3.63) is 0 Å². The van der Waals surface area contributed by atoms with Gasteiger partial charge in [-0.1, -0.05) is 0 Å². The van der Waals surface area contributed by atoms with E-state index in [4.69, 9.17) is 4.74 Å². The molecule has 0 spiro atoms. The van der Waals surface area contributed by atoms with Crippen LogP contribution in [0.5, 0.6) is 0 Å². The molecule has 1 N–H and O–H groups in total. The SMILES string of the molecule is CC1CNC(C)(C)CN1CCN1CCOCC1. The molecule has 2 fully saturated rings. The number of ether oxygens (including phenoxy) is 1. The summed E-state index contributed by atoms with van der Waals surface area (Å²) in [4.78, 5) is 5.14. The van der Waals surface area contributed by atoms with E-state index in [2.05, 4.69) is 35.9 Å². The quantitative estimate of drug-likeness (QED) is 0.774. The van der Waals surface area contributed by atoms with Crippen LogP contribution in [0.3, 0.4) is 0 Å². The molecule has 17 heavy (non-hydrogen) atoms. The number of nitrogens with one attached hydrogen (secondary N) is 1. The Labute approximate surface area is 105 Å². The lowest BCUT2D eigenvalue weighted by atomic mass is 9.99. The Bertz CT molecular complexity index is 239.